The van der Waals surface area contributed by atoms with Crippen LogP contribution in [-0.2, 0) is 24.4 Å². The molecule has 1 saturated heterocycles. The van der Waals surface area contributed by atoms with Gasteiger partial charge in [-0.05, 0) is 50.7 Å². The summed E-state index contributed by atoms with van der Waals surface area (Å²) < 4.78 is 26.3. The number of Topliss-reactive ketones (excluding diaryl/α,β-unsaturated/α-hetero) is 1. The fraction of sp³-hybridized carbons (Fsp3) is 0.516. The predicted molar refractivity (Wildman–Crippen MR) is 156 cm³/mol. The summed E-state index contributed by atoms with van der Waals surface area (Å²) >= 11 is 0. The second-order valence-corrected chi connectivity index (χ2v) is 11.4. The molecule has 0 radical (unpaired) electrons. The molecule has 0 bridgehead atoms. The van der Waals surface area contributed by atoms with Gasteiger partial charge in [0.2, 0.25) is 5.91 Å². The number of ether oxygens (including phenoxy) is 1. The van der Waals surface area contributed by atoms with Gasteiger partial charge in [0.05, 0.1) is 11.8 Å². The van der Waals surface area contributed by atoms with Crippen LogP contribution in [0.4, 0.5) is 10.2 Å². The summed E-state index contributed by atoms with van der Waals surface area (Å²) in [6.07, 6.45) is 4.64. The van der Waals surface area contributed by atoms with E-state index in [9.17, 15) is 14.7 Å². The summed E-state index contributed by atoms with van der Waals surface area (Å²) in [4.78, 5) is 40.7. The molecule has 1 amide bonds. The van der Waals surface area contributed by atoms with E-state index < -0.39 is 6.10 Å². The van der Waals surface area contributed by atoms with Gasteiger partial charge in [0.15, 0.2) is 17.9 Å². The van der Waals surface area contributed by atoms with Crippen LogP contribution < -0.4 is 10.1 Å². The Bertz CT molecular complexity index is 1450. The van der Waals surface area contributed by atoms with Crippen LogP contribution in [-0.4, -0.2) is 79.9 Å². The fourth-order valence-electron chi connectivity index (χ4n) is 5.78. The maximum absolute atomic E-state index is 15.2. The number of carbonyl (C=O) groups is 2. The van der Waals surface area contributed by atoms with Crippen LogP contribution in [0.15, 0.2) is 29.3 Å². The molecule has 2 aliphatic rings. The van der Waals surface area contributed by atoms with Crippen molar-refractivity contribution in [2.45, 2.75) is 78.2 Å². The van der Waals surface area contributed by atoms with Gasteiger partial charge >= 0.3 is 0 Å². The van der Waals surface area contributed by atoms with Crippen LogP contribution in [0.3, 0.4) is 0 Å². The molecule has 0 unspecified atom stereocenters. The molecule has 4 heterocycles. The van der Waals surface area contributed by atoms with Crippen molar-refractivity contribution in [3.8, 4) is 5.75 Å². The van der Waals surface area contributed by atoms with E-state index in [2.05, 4.69) is 20.3 Å². The summed E-state index contributed by atoms with van der Waals surface area (Å²) in [7, 11) is 0. The number of rotatable bonds is 11. The van der Waals surface area contributed by atoms with Crippen molar-refractivity contribution >= 4 is 17.5 Å². The Morgan fingerprint density at radius 1 is 1.16 bits per heavy atom. The SMILES string of the molecule is CC(=O)N1CCC(Nc2cc(C(=O)CC[C@H](O)CN3CCc4c(C)c(OCc5ocnc5C)cc(F)c4C3)ncn2)CC1. The number of halogens is 1. The summed E-state index contributed by atoms with van der Waals surface area (Å²) in [6, 6.07) is 3.23. The van der Waals surface area contributed by atoms with E-state index in [1.54, 1.807) is 13.0 Å². The van der Waals surface area contributed by atoms with Crippen molar-refractivity contribution in [2.75, 3.05) is 31.5 Å². The summed E-state index contributed by atoms with van der Waals surface area (Å²) in [5, 5.41) is 14.1. The molecule has 2 N–H and O–H groups in total. The molecular weight excluding hydrogens is 555 g/mol. The Hall–Kier alpha value is -3.90. The highest BCUT2D eigenvalue weighted by molar-refractivity contribution is 5.94. The molecule has 0 aliphatic carbocycles. The lowest BCUT2D eigenvalue weighted by Gasteiger charge is -2.32. The molecule has 2 aromatic heterocycles. The molecule has 3 aromatic rings. The molecule has 12 heteroatoms. The van der Waals surface area contributed by atoms with Gasteiger partial charge in [0, 0.05) is 69.8 Å². The number of benzene rings is 1. The van der Waals surface area contributed by atoms with E-state index in [1.165, 1.54) is 18.8 Å². The Morgan fingerprint density at radius 2 is 1.95 bits per heavy atom. The van der Waals surface area contributed by atoms with Gasteiger partial charge in [-0.15, -0.1) is 0 Å². The minimum atomic E-state index is -0.742. The Morgan fingerprint density at radius 3 is 2.67 bits per heavy atom. The van der Waals surface area contributed by atoms with Crippen LogP contribution in [0.2, 0.25) is 0 Å². The number of β-amino-alcohol motifs (C(OH)–C–C–N with tert-alkyl or cyclic N) is 1. The zero-order valence-corrected chi connectivity index (χ0v) is 24.9. The summed E-state index contributed by atoms with van der Waals surface area (Å²) in [5.41, 5.74) is 3.49. The number of oxazole rings is 1. The third-order valence-electron chi connectivity index (χ3n) is 8.41. The molecular formula is C31H39FN6O5. The van der Waals surface area contributed by atoms with E-state index in [4.69, 9.17) is 9.15 Å². The number of aliphatic hydroxyl groups excluding tert-OH is 1. The van der Waals surface area contributed by atoms with Crippen LogP contribution in [0.25, 0.3) is 0 Å². The summed E-state index contributed by atoms with van der Waals surface area (Å²) in [6.45, 7) is 8.27. The second-order valence-electron chi connectivity index (χ2n) is 11.4. The van der Waals surface area contributed by atoms with Crippen molar-refractivity contribution in [1.29, 1.82) is 0 Å². The minimum Gasteiger partial charge on any atom is -0.485 e. The van der Waals surface area contributed by atoms with Gasteiger partial charge < -0.3 is 24.5 Å². The molecule has 1 atom stereocenters. The Balaban J connectivity index is 1.10. The number of piperidine rings is 1. The first-order chi connectivity index (χ1) is 20.7. The first-order valence-corrected chi connectivity index (χ1v) is 14.8. The van der Waals surface area contributed by atoms with Gasteiger partial charge in [-0.25, -0.2) is 19.3 Å². The zero-order valence-electron chi connectivity index (χ0n) is 24.9. The zero-order chi connectivity index (χ0) is 30.5. The van der Waals surface area contributed by atoms with E-state index in [0.717, 1.165) is 29.7 Å². The van der Waals surface area contributed by atoms with E-state index in [0.29, 0.717) is 67.7 Å². The number of carbonyl (C=O) groups excluding carboxylic acids is 2. The van der Waals surface area contributed by atoms with Crippen molar-refractivity contribution in [3.05, 3.63) is 64.5 Å². The smallest absolute Gasteiger partial charge is 0.219 e. The average Bonchev–Trinajstić information content (AvgIpc) is 3.41. The average molecular weight is 595 g/mol. The number of anilines is 1. The predicted octanol–water partition coefficient (Wildman–Crippen LogP) is 3.60. The van der Waals surface area contributed by atoms with Crippen molar-refractivity contribution in [2.24, 2.45) is 0 Å². The van der Waals surface area contributed by atoms with Gasteiger partial charge in [-0.3, -0.25) is 14.5 Å². The number of likely N-dealkylation sites (tertiary alicyclic amines) is 1. The largest absolute Gasteiger partial charge is 0.485 e. The van der Waals surface area contributed by atoms with Gasteiger partial charge in [0.25, 0.3) is 0 Å². The Labute approximate surface area is 250 Å². The number of hydrogen-bond donors (Lipinski definition) is 2. The van der Waals surface area contributed by atoms with Crippen LogP contribution in [0.5, 0.6) is 5.75 Å². The highest BCUT2D eigenvalue weighted by Gasteiger charge is 2.26. The molecule has 230 valence electrons. The molecule has 1 fully saturated rings. The first-order valence-electron chi connectivity index (χ1n) is 14.8. The number of nitrogens with one attached hydrogen (secondary N) is 1. The highest BCUT2D eigenvalue weighted by atomic mass is 19.1. The summed E-state index contributed by atoms with van der Waals surface area (Å²) in [5.74, 6) is 1.24. The number of aliphatic hydroxyl groups is 1. The first kappa shape index (κ1) is 30.6. The van der Waals surface area contributed by atoms with E-state index >= 15 is 4.39 Å². The maximum atomic E-state index is 15.2. The fourth-order valence-corrected chi connectivity index (χ4v) is 5.78. The number of amides is 1. The van der Waals surface area contributed by atoms with E-state index in [-0.39, 0.29) is 43.0 Å². The van der Waals surface area contributed by atoms with Crippen LogP contribution in [0.1, 0.15) is 71.2 Å². The van der Waals surface area contributed by atoms with Crippen LogP contribution in [0, 0.1) is 19.7 Å². The lowest BCUT2D eigenvalue weighted by atomic mass is 9.93. The van der Waals surface area contributed by atoms with Crippen molar-refractivity contribution in [3.63, 3.8) is 0 Å². The number of aromatic nitrogens is 3. The van der Waals surface area contributed by atoms with Crippen molar-refractivity contribution in [1.82, 2.24) is 24.8 Å². The monoisotopic (exact) mass is 594 g/mol. The number of ketones is 1. The second kappa shape index (κ2) is 13.6. The molecule has 0 spiro atoms. The molecule has 43 heavy (non-hydrogen) atoms. The molecule has 11 nitrogen and oxygen atoms in total. The maximum Gasteiger partial charge on any atom is 0.219 e. The van der Waals surface area contributed by atoms with Gasteiger partial charge in [-0.2, -0.15) is 0 Å². The lowest BCUT2D eigenvalue weighted by Crippen LogP contribution is -2.41. The van der Waals surface area contributed by atoms with E-state index in [1.807, 2.05) is 23.6 Å². The topological polar surface area (TPSA) is 134 Å². The number of aryl methyl sites for hydroxylation is 1. The third kappa shape index (κ3) is 7.55. The Kier molecular flexibility index (Phi) is 9.66. The van der Waals surface area contributed by atoms with Crippen LogP contribution >= 0.6 is 0 Å². The normalized spacial score (nSPS) is 16.5. The lowest BCUT2D eigenvalue weighted by molar-refractivity contribution is -0.129. The quantitative estimate of drug-likeness (QED) is 0.317. The molecule has 1 aromatic carbocycles. The minimum absolute atomic E-state index is 0.0813. The number of nitrogens with zero attached hydrogens (tertiary/aromatic N) is 5. The molecule has 0 saturated carbocycles. The van der Waals surface area contributed by atoms with Gasteiger partial charge in [0.1, 0.15) is 36.0 Å². The molecule has 5 rings (SSSR count). The highest BCUT2D eigenvalue weighted by Crippen LogP contribution is 2.32. The third-order valence-corrected chi connectivity index (χ3v) is 8.41. The number of hydrogen-bond acceptors (Lipinski definition) is 10. The van der Waals surface area contributed by atoms with Crippen molar-refractivity contribution < 1.29 is 28.2 Å². The standard InChI is InChI=1S/C31H39FN6O5/c1-19-24-8-9-37(15-25(24)26(32)12-29(19)42-16-30-20(2)35-18-43-30)14-23(40)4-5-28(41)27-13-31(34-17-33-27)36-22-6-10-38(11-7-22)21(3)39/h12-13,17-18,22-23,40H,4-11,14-16H2,1-3H3,(H,33,34,36)/t23-/m0/s1. The molecule has 2 aliphatic heterocycles. The number of fused-ring (bicyclic) bond motifs is 1. The van der Waals surface area contributed by atoms with Gasteiger partial charge in [-0.1, -0.05) is 0 Å².